The van der Waals surface area contributed by atoms with Gasteiger partial charge in [-0.3, -0.25) is 14.7 Å². The first-order chi connectivity index (χ1) is 15.8. The van der Waals surface area contributed by atoms with Crippen molar-refractivity contribution in [2.75, 3.05) is 19.8 Å². The maximum Gasteiger partial charge on any atom is 0.220 e. The van der Waals surface area contributed by atoms with Crippen LogP contribution in [-0.2, 0) is 0 Å². The monoisotopic (exact) mass is 534 g/mol. The van der Waals surface area contributed by atoms with E-state index in [-0.39, 0.29) is 23.9 Å². The Kier molecular flexibility index (Phi) is 8.30. The molecule has 172 valence electrons. The van der Waals surface area contributed by atoms with Crippen LogP contribution in [0.5, 0.6) is 11.5 Å². The van der Waals surface area contributed by atoms with Crippen molar-refractivity contribution < 1.29 is 18.8 Å². The number of terminal acetylenes is 1. The molecule has 0 saturated carbocycles. The molecular weight excluding hydrogens is 515 g/mol. The first-order valence-electron chi connectivity index (χ1n) is 9.83. The van der Waals surface area contributed by atoms with Crippen molar-refractivity contribution in [3.8, 4) is 29.5 Å². The van der Waals surface area contributed by atoms with E-state index in [0.717, 1.165) is 0 Å². The molecular formula is C22H20BrFN4O4S. The fourth-order valence-corrected chi connectivity index (χ4v) is 4.80. The number of rotatable bonds is 10. The Morgan fingerprint density at radius 3 is 2.67 bits per heavy atom. The van der Waals surface area contributed by atoms with Gasteiger partial charge in [0.2, 0.25) is 6.54 Å². The number of benzene rings is 2. The number of halogens is 2. The van der Waals surface area contributed by atoms with E-state index in [9.17, 15) is 14.5 Å². The summed E-state index contributed by atoms with van der Waals surface area (Å²) < 4.78 is 27.0. The molecule has 1 aromatic heterocycles. The van der Waals surface area contributed by atoms with Crippen LogP contribution in [0.3, 0.4) is 0 Å². The van der Waals surface area contributed by atoms with Crippen molar-refractivity contribution in [2.45, 2.75) is 24.3 Å². The molecule has 0 radical (unpaired) electrons. The first kappa shape index (κ1) is 24.5. The molecule has 0 spiro atoms. The van der Waals surface area contributed by atoms with Gasteiger partial charge in [0.25, 0.3) is 0 Å². The molecule has 11 heteroatoms. The van der Waals surface area contributed by atoms with Crippen molar-refractivity contribution in [2.24, 2.45) is 0 Å². The van der Waals surface area contributed by atoms with Crippen molar-refractivity contribution in [3.63, 3.8) is 0 Å². The van der Waals surface area contributed by atoms with Gasteiger partial charge in [0.05, 0.1) is 11.1 Å². The smallest absolute Gasteiger partial charge is 0.220 e. The Bertz CT molecular complexity index is 1180. The van der Waals surface area contributed by atoms with Crippen LogP contribution in [0.15, 0.2) is 46.0 Å². The normalized spacial score (nSPS) is 11.6. The summed E-state index contributed by atoms with van der Waals surface area (Å²) in [7, 11) is 0. The molecule has 0 amide bonds. The summed E-state index contributed by atoms with van der Waals surface area (Å²) in [6, 6.07) is 9.29. The van der Waals surface area contributed by atoms with E-state index in [2.05, 4.69) is 32.0 Å². The molecule has 0 aliphatic rings. The lowest BCUT2D eigenvalue weighted by Crippen LogP contribution is -2.12. The lowest BCUT2D eigenvalue weighted by atomic mass is 10.1. The maximum absolute atomic E-state index is 13.4. The SMILES string of the molecule is C#CCOc1c(Br)cc([C@H](C[N+](=O)[O-])Sc2nnc(C)n2-c2ccc(F)cc2)cc1OCC. The van der Waals surface area contributed by atoms with Gasteiger partial charge in [-0.05, 0) is 71.7 Å². The van der Waals surface area contributed by atoms with Gasteiger partial charge in [-0.2, -0.15) is 0 Å². The molecule has 2 aromatic carbocycles. The predicted octanol–water partition coefficient (Wildman–Crippen LogP) is 5.00. The lowest BCUT2D eigenvalue weighted by molar-refractivity contribution is -0.479. The highest BCUT2D eigenvalue weighted by Gasteiger charge is 2.26. The van der Waals surface area contributed by atoms with Gasteiger partial charge >= 0.3 is 0 Å². The number of thioether (sulfide) groups is 1. The molecule has 3 aromatic rings. The fourth-order valence-electron chi connectivity index (χ4n) is 3.07. The maximum atomic E-state index is 13.4. The van der Waals surface area contributed by atoms with Crippen molar-refractivity contribution in [1.29, 1.82) is 0 Å². The van der Waals surface area contributed by atoms with Crippen LogP contribution >= 0.6 is 27.7 Å². The predicted molar refractivity (Wildman–Crippen MR) is 126 cm³/mol. The number of nitro groups is 1. The third-order valence-electron chi connectivity index (χ3n) is 4.45. The van der Waals surface area contributed by atoms with Crippen LogP contribution < -0.4 is 9.47 Å². The molecule has 0 saturated heterocycles. The Labute approximate surface area is 202 Å². The third-order valence-corrected chi connectivity index (χ3v) is 6.22. The zero-order chi connectivity index (χ0) is 24.0. The molecule has 0 aliphatic heterocycles. The van der Waals surface area contributed by atoms with Crippen LogP contribution in [-0.4, -0.2) is 39.4 Å². The first-order valence-corrected chi connectivity index (χ1v) is 11.5. The number of ether oxygens (including phenoxy) is 2. The summed E-state index contributed by atoms with van der Waals surface area (Å²) in [5, 5.41) is 19.6. The molecule has 1 heterocycles. The van der Waals surface area contributed by atoms with Crippen LogP contribution in [0.25, 0.3) is 5.69 Å². The second-order valence-electron chi connectivity index (χ2n) is 6.72. The molecule has 0 aliphatic carbocycles. The highest BCUT2D eigenvalue weighted by molar-refractivity contribution is 9.10. The zero-order valence-corrected chi connectivity index (χ0v) is 20.2. The minimum atomic E-state index is -0.625. The fraction of sp³-hybridized carbons (Fsp3) is 0.273. The minimum Gasteiger partial charge on any atom is -0.490 e. The van der Waals surface area contributed by atoms with E-state index in [0.29, 0.717) is 44.8 Å². The Morgan fingerprint density at radius 2 is 2.03 bits per heavy atom. The molecule has 0 unspecified atom stereocenters. The van der Waals surface area contributed by atoms with E-state index in [1.807, 2.05) is 6.92 Å². The van der Waals surface area contributed by atoms with Crippen molar-refractivity contribution >= 4 is 27.7 Å². The number of aromatic nitrogens is 3. The summed E-state index contributed by atoms with van der Waals surface area (Å²) in [6.07, 6.45) is 5.30. The van der Waals surface area contributed by atoms with E-state index in [4.69, 9.17) is 15.9 Å². The second kappa shape index (κ2) is 11.2. The number of nitrogens with zero attached hydrogens (tertiary/aromatic N) is 4. The summed E-state index contributed by atoms with van der Waals surface area (Å²) in [6.45, 7) is 3.62. The van der Waals surface area contributed by atoms with Gasteiger partial charge in [0.15, 0.2) is 16.7 Å². The van der Waals surface area contributed by atoms with Gasteiger partial charge in [-0.15, -0.1) is 16.6 Å². The average molecular weight is 535 g/mol. The molecule has 33 heavy (non-hydrogen) atoms. The van der Waals surface area contributed by atoms with Gasteiger partial charge < -0.3 is 9.47 Å². The highest BCUT2D eigenvalue weighted by Crippen LogP contribution is 2.43. The van der Waals surface area contributed by atoms with Crippen molar-refractivity contribution in [1.82, 2.24) is 14.8 Å². The van der Waals surface area contributed by atoms with Crippen LogP contribution in [0.4, 0.5) is 4.39 Å². The van der Waals surface area contributed by atoms with Gasteiger partial charge in [-0.25, -0.2) is 4.39 Å². The van der Waals surface area contributed by atoms with E-state index >= 15 is 0 Å². The topological polar surface area (TPSA) is 92.3 Å². The van der Waals surface area contributed by atoms with Gasteiger partial charge in [0, 0.05) is 10.6 Å². The molecule has 0 fully saturated rings. The highest BCUT2D eigenvalue weighted by atomic mass is 79.9. The summed E-state index contributed by atoms with van der Waals surface area (Å²) in [4.78, 5) is 11.1. The van der Waals surface area contributed by atoms with Gasteiger partial charge in [-0.1, -0.05) is 17.7 Å². The van der Waals surface area contributed by atoms with Gasteiger partial charge in [0.1, 0.15) is 23.5 Å². The second-order valence-corrected chi connectivity index (χ2v) is 8.74. The molecule has 1 atom stereocenters. The lowest BCUT2D eigenvalue weighted by Gasteiger charge is -2.18. The quantitative estimate of drug-likeness (QED) is 0.156. The summed E-state index contributed by atoms with van der Waals surface area (Å²) >= 11 is 4.64. The standard InChI is InChI=1S/C22H20BrFN4O4S/c1-4-10-32-21-18(23)11-15(12-19(21)31-5-2)20(13-27(29)30)33-22-26-25-14(3)28(22)17-8-6-16(24)7-9-17/h1,6-9,11-12,20H,5,10,13H2,2-3H3/t20-/m0/s1. The Morgan fingerprint density at radius 1 is 1.30 bits per heavy atom. The van der Waals surface area contributed by atoms with Crippen LogP contribution in [0.2, 0.25) is 0 Å². The minimum absolute atomic E-state index is 0.0468. The Hall–Kier alpha value is -3.10. The number of aryl methyl sites for hydroxylation is 1. The molecule has 0 N–H and O–H groups in total. The molecule has 3 rings (SSSR count). The van der Waals surface area contributed by atoms with E-state index in [1.54, 1.807) is 35.8 Å². The van der Waals surface area contributed by atoms with Crippen LogP contribution in [0.1, 0.15) is 23.6 Å². The summed E-state index contributed by atoms with van der Waals surface area (Å²) in [5.74, 6) is 3.44. The summed E-state index contributed by atoms with van der Waals surface area (Å²) in [5.41, 5.74) is 1.28. The number of hydrogen-bond donors (Lipinski definition) is 0. The van der Waals surface area contributed by atoms with Crippen LogP contribution in [0, 0.1) is 35.2 Å². The largest absolute Gasteiger partial charge is 0.490 e. The van der Waals surface area contributed by atoms with E-state index < -0.39 is 5.25 Å². The molecule has 0 bridgehead atoms. The van der Waals surface area contributed by atoms with Crippen molar-refractivity contribution in [3.05, 3.63) is 68.2 Å². The third kappa shape index (κ3) is 6.03. The van der Waals surface area contributed by atoms with E-state index in [1.165, 1.54) is 23.9 Å². The number of hydrogen-bond acceptors (Lipinski definition) is 7. The molecule has 8 nitrogen and oxygen atoms in total. The average Bonchev–Trinajstić information content (AvgIpc) is 3.13. The Balaban J connectivity index is 2.02. The zero-order valence-electron chi connectivity index (χ0n) is 17.8.